The molecule has 1 aromatic carbocycles. The summed E-state index contributed by atoms with van der Waals surface area (Å²) in [7, 11) is 1.69. The van der Waals surface area contributed by atoms with E-state index < -0.39 is 0 Å². The van der Waals surface area contributed by atoms with E-state index in [0.29, 0.717) is 23.5 Å². The Labute approximate surface area is 181 Å². The Morgan fingerprint density at radius 3 is 2.77 bits per heavy atom. The first-order chi connectivity index (χ1) is 14.3. The molecular weight excluding hydrogens is 374 g/mol. The van der Waals surface area contributed by atoms with Crippen LogP contribution in [0.3, 0.4) is 0 Å². The van der Waals surface area contributed by atoms with Gasteiger partial charge in [0, 0.05) is 19.0 Å². The van der Waals surface area contributed by atoms with Gasteiger partial charge in [-0.3, -0.25) is 9.80 Å². The Morgan fingerprint density at radius 2 is 2.13 bits per heavy atom. The quantitative estimate of drug-likeness (QED) is 0.692. The first-order valence-electron chi connectivity index (χ1n) is 11.6. The fourth-order valence-electron chi connectivity index (χ4n) is 6.02. The molecule has 0 spiro atoms. The molecule has 5 nitrogen and oxygen atoms in total. The van der Waals surface area contributed by atoms with Gasteiger partial charge in [0.1, 0.15) is 11.5 Å². The van der Waals surface area contributed by atoms with Gasteiger partial charge >= 0.3 is 0 Å². The molecule has 0 aromatic heterocycles. The number of unbranched alkanes of at least 4 members (excludes halogenated alkanes) is 1. The third-order valence-electron chi connectivity index (χ3n) is 8.58. The summed E-state index contributed by atoms with van der Waals surface area (Å²) in [6.45, 7) is 10.2. The molecule has 1 amide bonds. The molecule has 2 aliphatic carbocycles. The Kier molecular flexibility index (Phi) is 5.58. The van der Waals surface area contributed by atoms with E-state index in [1.54, 1.807) is 7.11 Å². The fourth-order valence-corrected chi connectivity index (χ4v) is 6.02. The predicted molar refractivity (Wildman–Crippen MR) is 121 cm³/mol. The number of rotatable bonds is 7. The van der Waals surface area contributed by atoms with Crippen molar-refractivity contribution in [2.75, 3.05) is 13.7 Å². The normalized spacial score (nSPS) is 31.7. The van der Waals surface area contributed by atoms with Crippen LogP contribution in [0.15, 0.2) is 29.4 Å². The number of fused-ring (bicyclic) bond motifs is 2. The number of carbonyl (C=O) groups excluding carboxylic acids is 1. The van der Waals surface area contributed by atoms with Crippen LogP contribution >= 0.6 is 0 Å². The minimum absolute atomic E-state index is 0.0245. The largest absolute Gasteiger partial charge is 0.497 e. The number of nitrogens with one attached hydrogen (secondary N) is 1. The van der Waals surface area contributed by atoms with Crippen LogP contribution in [0, 0.1) is 16.7 Å². The molecule has 1 aliphatic heterocycles. The van der Waals surface area contributed by atoms with Crippen molar-refractivity contribution in [1.29, 1.82) is 0 Å². The molecule has 2 bridgehead atoms. The monoisotopic (exact) mass is 411 g/mol. The van der Waals surface area contributed by atoms with Crippen LogP contribution in [-0.4, -0.2) is 36.3 Å². The second-order valence-electron chi connectivity index (χ2n) is 10.2. The molecule has 4 rings (SSSR count). The number of ether oxygens (including phenoxy) is 1. The zero-order chi connectivity index (χ0) is 21.5. The lowest BCUT2D eigenvalue weighted by molar-refractivity contribution is -0.116. The van der Waals surface area contributed by atoms with E-state index in [9.17, 15) is 4.79 Å². The van der Waals surface area contributed by atoms with Crippen LogP contribution in [0.5, 0.6) is 5.75 Å². The number of benzene rings is 1. The van der Waals surface area contributed by atoms with Crippen molar-refractivity contribution in [1.82, 2.24) is 10.3 Å². The second kappa shape index (κ2) is 7.90. The highest BCUT2D eigenvalue weighted by Gasteiger charge is 2.61. The molecule has 0 radical (unpaired) electrons. The molecule has 5 heteroatoms. The summed E-state index contributed by atoms with van der Waals surface area (Å²) < 4.78 is 5.42. The van der Waals surface area contributed by atoms with Crippen LogP contribution in [0.1, 0.15) is 77.8 Å². The second-order valence-corrected chi connectivity index (χ2v) is 10.2. The van der Waals surface area contributed by atoms with Gasteiger partial charge in [-0.25, -0.2) is 0 Å². The highest BCUT2D eigenvalue weighted by atomic mass is 16.5. The third-order valence-corrected chi connectivity index (χ3v) is 8.58. The van der Waals surface area contributed by atoms with Gasteiger partial charge in [0.25, 0.3) is 5.91 Å². The summed E-state index contributed by atoms with van der Waals surface area (Å²) in [5.74, 6) is 1.58. The number of methoxy groups -OCH3 is 1. The van der Waals surface area contributed by atoms with Crippen molar-refractivity contribution in [3.8, 4) is 5.75 Å². The van der Waals surface area contributed by atoms with E-state index in [1.807, 2.05) is 12.1 Å². The molecule has 1 heterocycles. The number of hydrogen-bond acceptors (Lipinski definition) is 4. The standard InChI is InChI=1S/C25H37N3O2/c1-6-7-13-28-21(17-9-8-10-19(14-17)30-5)16-20(27-28)23(29)26-22-15-18-11-12-25(22,4)24(18,2)3/h8-10,14,18,21-22H,6-7,11-13,15-16H2,1-5H3,(H,26,29)/t18-,21?,22+,25+/m1/s1. The van der Waals surface area contributed by atoms with E-state index in [4.69, 9.17) is 9.84 Å². The van der Waals surface area contributed by atoms with Crippen molar-refractivity contribution < 1.29 is 9.53 Å². The van der Waals surface area contributed by atoms with Crippen LogP contribution in [-0.2, 0) is 4.79 Å². The van der Waals surface area contributed by atoms with Gasteiger partial charge < -0.3 is 10.1 Å². The summed E-state index contributed by atoms with van der Waals surface area (Å²) in [5, 5.41) is 10.3. The lowest BCUT2D eigenvalue weighted by Crippen LogP contribution is -2.48. The number of hydrogen-bond donors (Lipinski definition) is 1. The van der Waals surface area contributed by atoms with E-state index >= 15 is 0 Å². The van der Waals surface area contributed by atoms with Gasteiger partial charge in [-0.2, -0.15) is 5.10 Å². The Morgan fingerprint density at radius 1 is 1.33 bits per heavy atom. The maximum Gasteiger partial charge on any atom is 0.267 e. The van der Waals surface area contributed by atoms with E-state index in [1.165, 1.54) is 12.8 Å². The minimum Gasteiger partial charge on any atom is -0.497 e. The van der Waals surface area contributed by atoms with Gasteiger partial charge in [0.05, 0.1) is 13.2 Å². The molecule has 30 heavy (non-hydrogen) atoms. The van der Waals surface area contributed by atoms with Gasteiger partial charge in [-0.1, -0.05) is 46.2 Å². The van der Waals surface area contributed by atoms with Crippen LogP contribution in [0.4, 0.5) is 0 Å². The van der Waals surface area contributed by atoms with E-state index in [-0.39, 0.29) is 23.4 Å². The Balaban J connectivity index is 1.50. The maximum atomic E-state index is 13.3. The Hall–Kier alpha value is -2.04. The lowest BCUT2D eigenvalue weighted by Gasteiger charge is -2.39. The SMILES string of the molecule is CCCCN1N=C(C(=O)N[C@H]2C[C@H]3CC[C@]2(C)C3(C)C)CC1c1cccc(OC)c1. The first-order valence-corrected chi connectivity index (χ1v) is 11.6. The summed E-state index contributed by atoms with van der Waals surface area (Å²) in [6, 6.07) is 8.51. The number of nitrogens with zero attached hydrogens (tertiary/aromatic N) is 2. The van der Waals surface area contributed by atoms with E-state index in [2.05, 4.69) is 50.2 Å². The van der Waals surface area contributed by atoms with Gasteiger partial charge in [0.2, 0.25) is 0 Å². The highest BCUT2D eigenvalue weighted by Crippen LogP contribution is 2.65. The summed E-state index contributed by atoms with van der Waals surface area (Å²) in [4.78, 5) is 13.3. The lowest BCUT2D eigenvalue weighted by atomic mass is 9.69. The van der Waals surface area contributed by atoms with Crippen LogP contribution in [0.25, 0.3) is 0 Å². The number of hydrazone groups is 1. The molecule has 4 atom stereocenters. The van der Waals surface area contributed by atoms with Crippen molar-refractivity contribution in [3.63, 3.8) is 0 Å². The van der Waals surface area contributed by atoms with Crippen LogP contribution < -0.4 is 10.1 Å². The molecule has 2 saturated carbocycles. The van der Waals surface area contributed by atoms with Gasteiger partial charge in [0.15, 0.2) is 0 Å². The van der Waals surface area contributed by atoms with Gasteiger partial charge in [-0.15, -0.1) is 0 Å². The molecular formula is C25H37N3O2. The van der Waals surface area contributed by atoms with Crippen molar-refractivity contribution in [2.45, 2.75) is 78.3 Å². The number of carbonyl (C=O) groups is 1. The average Bonchev–Trinajstić information content (AvgIpc) is 3.32. The molecule has 2 fully saturated rings. The van der Waals surface area contributed by atoms with Gasteiger partial charge in [-0.05, 0) is 60.1 Å². The smallest absolute Gasteiger partial charge is 0.267 e. The highest BCUT2D eigenvalue weighted by molar-refractivity contribution is 6.39. The first kappa shape index (κ1) is 21.2. The van der Waals surface area contributed by atoms with Crippen molar-refractivity contribution in [3.05, 3.63) is 29.8 Å². The van der Waals surface area contributed by atoms with Crippen molar-refractivity contribution >= 4 is 11.6 Å². The molecule has 1 aromatic rings. The minimum atomic E-state index is 0.0245. The summed E-state index contributed by atoms with van der Waals surface area (Å²) >= 11 is 0. The fraction of sp³-hybridized carbons (Fsp3) is 0.680. The molecule has 3 aliphatic rings. The Bertz CT molecular complexity index is 833. The number of amides is 1. The predicted octanol–water partition coefficient (Wildman–Crippen LogP) is 4.93. The molecule has 1 unspecified atom stereocenters. The molecule has 164 valence electrons. The zero-order valence-corrected chi connectivity index (χ0v) is 19.2. The van der Waals surface area contributed by atoms with Crippen LogP contribution in [0.2, 0.25) is 0 Å². The third kappa shape index (κ3) is 3.40. The maximum absolute atomic E-state index is 13.3. The zero-order valence-electron chi connectivity index (χ0n) is 19.2. The molecule has 0 saturated heterocycles. The summed E-state index contributed by atoms with van der Waals surface area (Å²) in [6.07, 6.45) is 6.42. The van der Waals surface area contributed by atoms with E-state index in [0.717, 1.165) is 37.1 Å². The average molecular weight is 412 g/mol. The topological polar surface area (TPSA) is 53.9 Å². The summed E-state index contributed by atoms with van der Waals surface area (Å²) in [5.41, 5.74) is 2.30. The molecule has 1 N–H and O–H groups in total. The van der Waals surface area contributed by atoms with Crippen molar-refractivity contribution in [2.24, 2.45) is 21.8 Å².